The summed E-state index contributed by atoms with van der Waals surface area (Å²) >= 11 is 5.03. The normalized spacial score (nSPS) is 11.2. The molecule has 0 spiro atoms. The Morgan fingerprint density at radius 3 is 3.00 bits per heavy atom. The average Bonchev–Trinajstić information content (AvgIpc) is 2.90. The quantitative estimate of drug-likeness (QED) is 0.751. The zero-order chi connectivity index (χ0) is 12.0. The van der Waals surface area contributed by atoms with E-state index < -0.39 is 0 Å². The predicted octanol–water partition coefficient (Wildman–Crippen LogP) is 3.11. The highest BCUT2D eigenvalue weighted by Gasteiger charge is 2.13. The number of nitrogens with two attached hydrogens (primary N) is 1. The van der Waals surface area contributed by atoms with Gasteiger partial charge >= 0.3 is 0 Å². The highest BCUT2D eigenvalue weighted by molar-refractivity contribution is 9.10. The van der Waals surface area contributed by atoms with Gasteiger partial charge in [-0.2, -0.15) is 0 Å². The summed E-state index contributed by atoms with van der Waals surface area (Å²) in [6.45, 7) is 2.03. The fraction of sp³-hybridized carbons (Fsp3) is 0.0909. The van der Waals surface area contributed by atoms with Crippen LogP contribution in [0.1, 0.15) is 5.56 Å². The second-order valence-electron chi connectivity index (χ2n) is 3.74. The third-order valence-corrected chi connectivity index (χ3v) is 4.22. The molecule has 0 fully saturated rings. The van der Waals surface area contributed by atoms with Crippen molar-refractivity contribution in [1.29, 1.82) is 0 Å². The lowest BCUT2D eigenvalue weighted by molar-refractivity contribution is 1.16. The van der Waals surface area contributed by atoms with E-state index in [1.54, 1.807) is 11.7 Å². The first-order valence-corrected chi connectivity index (χ1v) is 6.66. The summed E-state index contributed by atoms with van der Waals surface area (Å²) in [7, 11) is 0. The van der Waals surface area contributed by atoms with Crippen molar-refractivity contribution in [3.8, 4) is 10.6 Å². The van der Waals surface area contributed by atoms with Gasteiger partial charge in [-0.3, -0.25) is 9.38 Å². The summed E-state index contributed by atoms with van der Waals surface area (Å²) in [5, 5.41) is 0. The first kappa shape index (κ1) is 10.7. The van der Waals surface area contributed by atoms with Crippen LogP contribution in [0, 0.1) is 6.92 Å². The number of halogens is 1. The summed E-state index contributed by atoms with van der Waals surface area (Å²) in [4.78, 5) is 9.58. The monoisotopic (exact) mass is 308 g/mol. The number of aryl methyl sites for hydroxylation is 1. The lowest BCUT2D eigenvalue weighted by atomic mass is 10.3. The molecule has 2 N–H and O–H groups in total. The Bertz CT molecular complexity index is 687. The molecule has 6 heteroatoms. The van der Waals surface area contributed by atoms with E-state index in [0.29, 0.717) is 5.82 Å². The van der Waals surface area contributed by atoms with Gasteiger partial charge < -0.3 is 5.73 Å². The van der Waals surface area contributed by atoms with Crippen LogP contribution in [-0.4, -0.2) is 14.4 Å². The number of hydrogen-bond acceptors (Lipinski definition) is 4. The molecule has 0 atom stereocenters. The van der Waals surface area contributed by atoms with Gasteiger partial charge in [-0.15, -0.1) is 11.3 Å². The average molecular weight is 309 g/mol. The number of nitrogen functional groups attached to an aromatic ring is 1. The molecular formula is C11H9BrN4S. The molecule has 3 heterocycles. The third kappa shape index (κ3) is 1.64. The Kier molecular flexibility index (Phi) is 2.41. The molecule has 3 rings (SSSR count). The maximum absolute atomic E-state index is 6.11. The van der Waals surface area contributed by atoms with Crippen LogP contribution in [0.4, 0.5) is 5.82 Å². The number of pyridine rings is 1. The fourth-order valence-corrected chi connectivity index (χ4v) is 2.63. The van der Waals surface area contributed by atoms with Gasteiger partial charge in [-0.25, -0.2) is 4.98 Å². The zero-order valence-corrected chi connectivity index (χ0v) is 11.4. The van der Waals surface area contributed by atoms with E-state index in [2.05, 4.69) is 25.9 Å². The first-order chi connectivity index (χ1) is 8.16. The minimum absolute atomic E-state index is 0.643. The number of rotatable bonds is 1. The lowest BCUT2D eigenvalue weighted by Crippen LogP contribution is -1.94. The highest BCUT2D eigenvalue weighted by Crippen LogP contribution is 2.30. The first-order valence-electron chi connectivity index (χ1n) is 4.99. The SMILES string of the molecule is Cc1cc2nc(-c3cncs3)c(N)n2cc1Br. The van der Waals surface area contributed by atoms with Crippen LogP contribution in [-0.2, 0) is 0 Å². The Morgan fingerprint density at radius 2 is 2.29 bits per heavy atom. The smallest absolute Gasteiger partial charge is 0.139 e. The van der Waals surface area contributed by atoms with Crippen LogP contribution < -0.4 is 5.73 Å². The van der Waals surface area contributed by atoms with E-state index >= 15 is 0 Å². The number of fused-ring (bicyclic) bond motifs is 1. The zero-order valence-electron chi connectivity index (χ0n) is 9.01. The van der Waals surface area contributed by atoms with Crippen molar-refractivity contribution in [2.75, 3.05) is 5.73 Å². The van der Waals surface area contributed by atoms with E-state index in [9.17, 15) is 0 Å². The molecule has 0 amide bonds. The number of anilines is 1. The Balaban J connectivity index is 2.32. The van der Waals surface area contributed by atoms with Crippen LogP contribution in [0.25, 0.3) is 16.2 Å². The second-order valence-corrected chi connectivity index (χ2v) is 5.48. The van der Waals surface area contributed by atoms with E-state index in [1.807, 2.05) is 23.6 Å². The third-order valence-electron chi connectivity index (χ3n) is 2.61. The van der Waals surface area contributed by atoms with Crippen molar-refractivity contribution in [2.45, 2.75) is 6.92 Å². The predicted molar refractivity (Wildman–Crippen MR) is 73.1 cm³/mol. The van der Waals surface area contributed by atoms with Gasteiger partial charge in [0.1, 0.15) is 17.2 Å². The fourth-order valence-electron chi connectivity index (χ4n) is 1.69. The summed E-state index contributed by atoms with van der Waals surface area (Å²) in [5.74, 6) is 0.643. The van der Waals surface area contributed by atoms with E-state index in [-0.39, 0.29) is 0 Å². The molecular weight excluding hydrogens is 300 g/mol. The standard InChI is InChI=1S/C11H9BrN4S/c1-6-2-9-15-10(8-3-14-5-17-8)11(13)16(9)4-7(6)12/h2-5H,13H2,1H3. The van der Waals surface area contributed by atoms with Gasteiger partial charge in [-0.1, -0.05) is 0 Å². The molecule has 0 aromatic carbocycles. The summed E-state index contributed by atoms with van der Waals surface area (Å²) in [6, 6.07) is 2.00. The number of imidazole rings is 1. The Labute approximate surface area is 110 Å². The molecule has 4 nitrogen and oxygen atoms in total. The molecule has 86 valence electrons. The van der Waals surface area contributed by atoms with Gasteiger partial charge in [0, 0.05) is 16.9 Å². The second kappa shape index (κ2) is 3.82. The number of thiazole rings is 1. The maximum Gasteiger partial charge on any atom is 0.139 e. The van der Waals surface area contributed by atoms with Gasteiger partial charge in [0.25, 0.3) is 0 Å². The van der Waals surface area contributed by atoms with Crippen molar-refractivity contribution in [2.24, 2.45) is 0 Å². The van der Waals surface area contributed by atoms with Crippen LogP contribution >= 0.6 is 27.3 Å². The van der Waals surface area contributed by atoms with E-state index in [1.165, 1.54) is 11.3 Å². The summed E-state index contributed by atoms with van der Waals surface area (Å²) < 4.78 is 2.90. The van der Waals surface area contributed by atoms with Crippen molar-refractivity contribution in [1.82, 2.24) is 14.4 Å². The lowest BCUT2D eigenvalue weighted by Gasteiger charge is -2.00. The molecule has 17 heavy (non-hydrogen) atoms. The van der Waals surface area contributed by atoms with Crippen molar-refractivity contribution in [3.63, 3.8) is 0 Å². The van der Waals surface area contributed by atoms with E-state index in [4.69, 9.17) is 5.73 Å². The molecule has 0 bridgehead atoms. The van der Waals surface area contributed by atoms with Gasteiger partial charge in [0.15, 0.2) is 0 Å². The van der Waals surface area contributed by atoms with Gasteiger partial charge in [-0.05, 0) is 34.5 Å². The topological polar surface area (TPSA) is 56.2 Å². The van der Waals surface area contributed by atoms with Gasteiger partial charge in [0.05, 0.1) is 10.4 Å². The Morgan fingerprint density at radius 1 is 1.47 bits per heavy atom. The van der Waals surface area contributed by atoms with Crippen molar-refractivity contribution in [3.05, 3.63) is 34.0 Å². The van der Waals surface area contributed by atoms with Crippen molar-refractivity contribution < 1.29 is 0 Å². The van der Waals surface area contributed by atoms with Gasteiger partial charge in [0.2, 0.25) is 0 Å². The Hall–Kier alpha value is -1.40. The molecule has 3 aromatic heterocycles. The van der Waals surface area contributed by atoms with E-state index in [0.717, 1.165) is 26.3 Å². The van der Waals surface area contributed by atoms with Crippen LogP contribution in [0.5, 0.6) is 0 Å². The van der Waals surface area contributed by atoms with Crippen LogP contribution in [0.3, 0.4) is 0 Å². The molecule has 0 radical (unpaired) electrons. The molecule has 0 saturated carbocycles. The number of hydrogen-bond donors (Lipinski definition) is 1. The minimum Gasteiger partial charge on any atom is -0.383 e. The molecule has 0 aliphatic heterocycles. The molecule has 0 saturated heterocycles. The van der Waals surface area contributed by atoms with Crippen molar-refractivity contribution >= 4 is 38.7 Å². The molecule has 0 unspecified atom stereocenters. The number of nitrogens with zero attached hydrogens (tertiary/aromatic N) is 3. The molecule has 3 aromatic rings. The minimum atomic E-state index is 0.643. The maximum atomic E-state index is 6.11. The highest BCUT2D eigenvalue weighted by atomic mass is 79.9. The summed E-state index contributed by atoms with van der Waals surface area (Å²) in [5.41, 5.74) is 10.7. The number of aromatic nitrogens is 3. The van der Waals surface area contributed by atoms with Crippen LogP contribution in [0.2, 0.25) is 0 Å². The molecule has 0 aliphatic carbocycles. The largest absolute Gasteiger partial charge is 0.383 e. The summed E-state index contributed by atoms with van der Waals surface area (Å²) in [6.07, 6.45) is 3.72. The molecule has 0 aliphatic rings. The van der Waals surface area contributed by atoms with Crippen LogP contribution in [0.15, 0.2) is 28.4 Å².